The van der Waals surface area contributed by atoms with E-state index in [4.69, 9.17) is 16.7 Å². The van der Waals surface area contributed by atoms with Crippen molar-refractivity contribution in [1.82, 2.24) is 9.88 Å². The van der Waals surface area contributed by atoms with Gasteiger partial charge in [0, 0.05) is 17.8 Å². The topological polar surface area (TPSA) is 71.3 Å². The number of aromatic nitrogens is 1. The number of rotatable bonds is 5. The fourth-order valence-corrected chi connectivity index (χ4v) is 2.28. The molecule has 0 aromatic carbocycles. The standard InChI is InChI=1S/C13H17ClN2O3/c1-13(2,6-11(17)18)15-12(19)10-5-8(14)7-16(10)9-3-4-9/h5,7,9H,3-4,6H2,1-2H3,(H,15,19)(H,17,18). The van der Waals surface area contributed by atoms with Crippen molar-refractivity contribution < 1.29 is 14.7 Å². The number of carboxylic acids is 1. The van der Waals surface area contributed by atoms with Gasteiger partial charge in [0.15, 0.2) is 0 Å². The van der Waals surface area contributed by atoms with Crippen molar-refractivity contribution in [2.75, 3.05) is 0 Å². The summed E-state index contributed by atoms with van der Waals surface area (Å²) in [4.78, 5) is 23.0. The van der Waals surface area contributed by atoms with Gasteiger partial charge in [0.05, 0.1) is 11.4 Å². The Morgan fingerprint density at radius 3 is 2.68 bits per heavy atom. The highest BCUT2D eigenvalue weighted by Gasteiger charge is 2.30. The third-order valence-electron chi connectivity index (χ3n) is 3.03. The first-order valence-corrected chi connectivity index (χ1v) is 6.58. The van der Waals surface area contributed by atoms with Gasteiger partial charge in [0.25, 0.3) is 5.91 Å². The molecule has 19 heavy (non-hydrogen) atoms. The van der Waals surface area contributed by atoms with Crippen LogP contribution in [-0.4, -0.2) is 27.1 Å². The van der Waals surface area contributed by atoms with Crippen molar-refractivity contribution in [1.29, 1.82) is 0 Å². The number of halogens is 1. The number of hydrogen-bond donors (Lipinski definition) is 2. The largest absolute Gasteiger partial charge is 0.481 e. The average molecular weight is 285 g/mol. The van der Waals surface area contributed by atoms with Crippen LogP contribution in [0.15, 0.2) is 12.3 Å². The van der Waals surface area contributed by atoms with Gasteiger partial charge in [0.2, 0.25) is 0 Å². The van der Waals surface area contributed by atoms with E-state index in [1.165, 1.54) is 0 Å². The van der Waals surface area contributed by atoms with Crippen LogP contribution in [0.1, 0.15) is 49.6 Å². The zero-order valence-electron chi connectivity index (χ0n) is 10.9. The second-order valence-corrected chi connectivity index (χ2v) is 6.03. The summed E-state index contributed by atoms with van der Waals surface area (Å²) < 4.78 is 1.87. The molecule has 104 valence electrons. The number of hydrogen-bond acceptors (Lipinski definition) is 2. The SMILES string of the molecule is CC(C)(CC(=O)O)NC(=O)c1cc(Cl)cn1C1CC1. The zero-order chi connectivity index (χ0) is 14.2. The van der Waals surface area contributed by atoms with Crippen LogP contribution in [0.2, 0.25) is 5.02 Å². The van der Waals surface area contributed by atoms with Crippen LogP contribution in [0.3, 0.4) is 0 Å². The molecule has 2 rings (SSSR count). The van der Waals surface area contributed by atoms with Crippen LogP contribution in [0.25, 0.3) is 0 Å². The number of nitrogens with one attached hydrogen (secondary N) is 1. The van der Waals surface area contributed by atoms with Crippen molar-refractivity contribution in [2.45, 2.75) is 44.7 Å². The van der Waals surface area contributed by atoms with Crippen LogP contribution >= 0.6 is 11.6 Å². The fourth-order valence-electron chi connectivity index (χ4n) is 2.08. The Morgan fingerprint density at radius 2 is 2.16 bits per heavy atom. The molecule has 1 amide bonds. The minimum atomic E-state index is -0.944. The molecular formula is C13H17ClN2O3. The molecule has 1 aliphatic rings. The van der Waals surface area contributed by atoms with Crippen LogP contribution in [0.5, 0.6) is 0 Å². The summed E-state index contributed by atoms with van der Waals surface area (Å²) in [5, 5.41) is 12.1. The highest BCUT2D eigenvalue weighted by atomic mass is 35.5. The Labute approximate surface area is 116 Å². The van der Waals surface area contributed by atoms with Gasteiger partial charge in [-0.15, -0.1) is 0 Å². The fraction of sp³-hybridized carbons (Fsp3) is 0.538. The molecule has 6 heteroatoms. The number of nitrogens with zero attached hydrogens (tertiary/aromatic N) is 1. The summed E-state index contributed by atoms with van der Waals surface area (Å²) in [6, 6.07) is 1.96. The average Bonchev–Trinajstić information content (AvgIpc) is 2.99. The second kappa shape index (κ2) is 4.89. The maximum atomic E-state index is 12.2. The molecule has 0 radical (unpaired) electrons. The molecule has 0 aliphatic heterocycles. The Hall–Kier alpha value is -1.49. The molecular weight excluding hydrogens is 268 g/mol. The van der Waals surface area contributed by atoms with E-state index < -0.39 is 11.5 Å². The van der Waals surface area contributed by atoms with Gasteiger partial charge in [0.1, 0.15) is 5.69 Å². The van der Waals surface area contributed by atoms with E-state index in [0.717, 1.165) is 12.8 Å². The molecule has 0 saturated heterocycles. The molecule has 1 fully saturated rings. The van der Waals surface area contributed by atoms with Gasteiger partial charge in [-0.1, -0.05) is 11.6 Å². The first-order chi connectivity index (χ1) is 8.78. The summed E-state index contributed by atoms with van der Waals surface area (Å²) in [7, 11) is 0. The maximum Gasteiger partial charge on any atom is 0.305 e. The van der Waals surface area contributed by atoms with Gasteiger partial charge < -0.3 is 15.0 Å². The normalized spacial score (nSPS) is 15.3. The molecule has 0 atom stereocenters. The van der Waals surface area contributed by atoms with Gasteiger partial charge in [-0.05, 0) is 32.8 Å². The van der Waals surface area contributed by atoms with Crippen molar-refractivity contribution in [2.24, 2.45) is 0 Å². The van der Waals surface area contributed by atoms with Crippen LogP contribution in [0, 0.1) is 0 Å². The number of carbonyl (C=O) groups excluding carboxylic acids is 1. The van der Waals surface area contributed by atoms with Gasteiger partial charge in [-0.25, -0.2) is 0 Å². The smallest absolute Gasteiger partial charge is 0.305 e. The highest BCUT2D eigenvalue weighted by Crippen LogP contribution is 2.37. The summed E-state index contributed by atoms with van der Waals surface area (Å²) in [6.45, 7) is 3.37. The van der Waals surface area contributed by atoms with Crippen LogP contribution < -0.4 is 5.32 Å². The molecule has 1 aromatic heterocycles. The zero-order valence-corrected chi connectivity index (χ0v) is 11.7. The molecule has 1 aromatic rings. The van der Waals surface area contributed by atoms with Crippen molar-refractivity contribution in [3.05, 3.63) is 23.0 Å². The summed E-state index contributed by atoms with van der Waals surface area (Å²) in [5.74, 6) is -1.23. The Kier molecular flexibility index (Phi) is 3.58. The predicted molar refractivity (Wildman–Crippen MR) is 71.5 cm³/mol. The molecule has 2 N–H and O–H groups in total. The monoisotopic (exact) mass is 284 g/mol. The molecule has 0 bridgehead atoms. The number of amides is 1. The van der Waals surface area contributed by atoms with Crippen molar-refractivity contribution in [3.63, 3.8) is 0 Å². The lowest BCUT2D eigenvalue weighted by Crippen LogP contribution is -2.45. The third-order valence-corrected chi connectivity index (χ3v) is 3.24. The summed E-state index contributed by atoms with van der Waals surface area (Å²) in [5.41, 5.74) is -0.306. The van der Waals surface area contributed by atoms with E-state index in [-0.39, 0.29) is 12.3 Å². The van der Waals surface area contributed by atoms with E-state index in [9.17, 15) is 9.59 Å². The first-order valence-electron chi connectivity index (χ1n) is 6.20. The lowest BCUT2D eigenvalue weighted by atomic mass is 10.0. The van der Waals surface area contributed by atoms with E-state index in [1.54, 1.807) is 26.1 Å². The molecule has 5 nitrogen and oxygen atoms in total. The Balaban J connectivity index is 2.13. The number of carbonyl (C=O) groups is 2. The lowest BCUT2D eigenvalue weighted by molar-refractivity contribution is -0.138. The lowest BCUT2D eigenvalue weighted by Gasteiger charge is -2.24. The van der Waals surface area contributed by atoms with E-state index in [0.29, 0.717) is 16.8 Å². The minimum Gasteiger partial charge on any atom is -0.481 e. The Morgan fingerprint density at radius 1 is 1.53 bits per heavy atom. The van der Waals surface area contributed by atoms with Gasteiger partial charge in [-0.3, -0.25) is 9.59 Å². The van der Waals surface area contributed by atoms with Gasteiger partial charge >= 0.3 is 5.97 Å². The maximum absolute atomic E-state index is 12.2. The van der Waals surface area contributed by atoms with E-state index in [2.05, 4.69) is 5.32 Å². The second-order valence-electron chi connectivity index (χ2n) is 5.59. The van der Waals surface area contributed by atoms with Crippen LogP contribution in [-0.2, 0) is 4.79 Å². The predicted octanol–water partition coefficient (Wildman–Crippen LogP) is 2.46. The van der Waals surface area contributed by atoms with Gasteiger partial charge in [-0.2, -0.15) is 0 Å². The quantitative estimate of drug-likeness (QED) is 0.872. The van der Waals surface area contributed by atoms with Crippen LogP contribution in [0.4, 0.5) is 0 Å². The third kappa shape index (κ3) is 3.50. The molecule has 1 heterocycles. The first kappa shape index (κ1) is 13.9. The summed E-state index contributed by atoms with van der Waals surface area (Å²) in [6.07, 6.45) is 3.71. The number of carboxylic acid groups (broad SMARTS) is 1. The number of aliphatic carboxylic acids is 1. The Bertz CT molecular complexity index is 518. The molecule has 1 aliphatic carbocycles. The summed E-state index contributed by atoms with van der Waals surface area (Å²) >= 11 is 5.94. The molecule has 0 unspecified atom stereocenters. The van der Waals surface area contributed by atoms with Crippen molar-refractivity contribution in [3.8, 4) is 0 Å². The van der Waals surface area contributed by atoms with Crippen molar-refractivity contribution >= 4 is 23.5 Å². The minimum absolute atomic E-state index is 0.128. The molecule has 1 saturated carbocycles. The highest BCUT2D eigenvalue weighted by molar-refractivity contribution is 6.31. The van der Waals surface area contributed by atoms with E-state index in [1.807, 2.05) is 4.57 Å². The van der Waals surface area contributed by atoms with E-state index >= 15 is 0 Å². The molecule has 0 spiro atoms.